The maximum absolute atomic E-state index is 13.1. The molecule has 2 aromatic rings. The molecule has 3 aliphatic rings. The summed E-state index contributed by atoms with van der Waals surface area (Å²) in [5.41, 5.74) is 1.25. The van der Waals surface area contributed by atoms with E-state index in [1.807, 2.05) is 31.2 Å². The van der Waals surface area contributed by atoms with Crippen molar-refractivity contribution < 1.29 is 28.6 Å². The lowest BCUT2D eigenvalue weighted by Gasteiger charge is -2.21. The van der Waals surface area contributed by atoms with Crippen LogP contribution in [0.25, 0.3) is 0 Å². The fourth-order valence-electron chi connectivity index (χ4n) is 3.90. The molecule has 3 heterocycles. The first kappa shape index (κ1) is 22.4. The van der Waals surface area contributed by atoms with E-state index in [2.05, 4.69) is 10.6 Å². The number of amides is 3. The van der Waals surface area contributed by atoms with Crippen molar-refractivity contribution in [3.05, 3.63) is 53.6 Å². The normalized spacial score (nSPS) is 20.6. The molecule has 2 aromatic carbocycles. The molecule has 9 heteroatoms. The third-order valence-electron chi connectivity index (χ3n) is 5.72. The Bertz CT molecular complexity index is 1040. The zero-order chi connectivity index (χ0) is 23.4. The van der Waals surface area contributed by atoms with Gasteiger partial charge in [-0.15, -0.1) is 0 Å². The molecule has 1 fully saturated rings. The van der Waals surface area contributed by atoms with Crippen molar-refractivity contribution in [2.75, 3.05) is 26.8 Å². The number of nitrogens with zero attached hydrogens (tertiary/aromatic N) is 1. The second kappa shape index (κ2) is 9.81. The Morgan fingerprint density at radius 2 is 1.94 bits per heavy atom. The third kappa shape index (κ3) is 5.19. The van der Waals surface area contributed by atoms with E-state index < -0.39 is 12.1 Å². The molecule has 1 saturated heterocycles. The number of ether oxygens (including phenoxy) is 3. The molecule has 0 spiro atoms. The molecule has 0 aliphatic carbocycles. The zero-order valence-corrected chi connectivity index (χ0v) is 18.6. The predicted molar refractivity (Wildman–Crippen MR) is 119 cm³/mol. The number of nitrogens with one attached hydrogen (secondary N) is 2. The van der Waals surface area contributed by atoms with E-state index in [0.29, 0.717) is 43.1 Å². The molecule has 0 aromatic heterocycles. The van der Waals surface area contributed by atoms with Crippen LogP contribution in [0, 0.1) is 0 Å². The highest BCUT2D eigenvalue weighted by Crippen LogP contribution is 2.28. The van der Waals surface area contributed by atoms with E-state index in [1.54, 1.807) is 17.0 Å². The van der Waals surface area contributed by atoms with Gasteiger partial charge in [0.1, 0.15) is 11.9 Å². The number of rotatable bonds is 2. The maximum Gasteiger partial charge on any atom is 0.258 e. The van der Waals surface area contributed by atoms with Crippen molar-refractivity contribution >= 4 is 17.7 Å². The van der Waals surface area contributed by atoms with Gasteiger partial charge in [0.2, 0.25) is 5.91 Å². The van der Waals surface area contributed by atoms with Gasteiger partial charge in [0, 0.05) is 25.1 Å². The lowest BCUT2D eigenvalue weighted by molar-refractivity contribution is -0.130. The van der Waals surface area contributed by atoms with Crippen molar-refractivity contribution in [3.63, 3.8) is 0 Å². The summed E-state index contributed by atoms with van der Waals surface area (Å²) in [6, 6.07) is 11.7. The molecule has 3 amide bonds. The van der Waals surface area contributed by atoms with E-state index in [1.165, 1.54) is 13.2 Å². The van der Waals surface area contributed by atoms with Crippen LogP contribution in [0.5, 0.6) is 17.2 Å². The van der Waals surface area contributed by atoms with E-state index in [4.69, 9.17) is 14.2 Å². The molecule has 4 bridgehead atoms. The van der Waals surface area contributed by atoms with E-state index in [0.717, 1.165) is 5.56 Å². The van der Waals surface area contributed by atoms with Crippen LogP contribution >= 0.6 is 0 Å². The van der Waals surface area contributed by atoms with Crippen molar-refractivity contribution in [2.45, 2.75) is 32.0 Å². The van der Waals surface area contributed by atoms with Gasteiger partial charge >= 0.3 is 0 Å². The summed E-state index contributed by atoms with van der Waals surface area (Å²) in [6.07, 6.45) is -0.0212. The van der Waals surface area contributed by atoms with Crippen molar-refractivity contribution in [2.24, 2.45) is 0 Å². The number of benzene rings is 2. The van der Waals surface area contributed by atoms with Crippen LogP contribution in [0.2, 0.25) is 0 Å². The fourth-order valence-corrected chi connectivity index (χ4v) is 3.90. The minimum atomic E-state index is -0.403. The minimum absolute atomic E-state index is 0.00807. The van der Waals surface area contributed by atoms with Crippen LogP contribution in [0.4, 0.5) is 0 Å². The highest BCUT2D eigenvalue weighted by molar-refractivity contribution is 5.95. The van der Waals surface area contributed by atoms with Crippen LogP contribution in [-0.4, -0.2) is 61.6 Å². The molecular formula is C24H27N3O6. The zero-order valence-electron chi connectivity index (χ0n) is 18.6. The van der Waals surface area contributed by atoms with Gasteiger partial charge in [0.25, 0.3) is 11.8 Å². The molecule has 33 heavy (non-hydrogen) atoms. The fraction of sp³-hybridized carbons (Fsp3) is 0.375. The summed E-state index contributed by atoms with van der Waals surface area (Å²) >= 11 is 0. The summed E-state index contributed by atoms with van der Waals surface area (Å²) in [5.74, 6) is 0.695. The lowest BCUT2D eigenvalue weighted by atomic mass is 10.1. The molecular weight excluding hydrogens is 426 g/mol. The number of carbonyl (C=O) groups is 3. The van der Waals surface area contributed by atoms with Crippen LogP contribution in [0.15, 0.2) is 42.5 Å². The quantitative estimate of drug-likeness (QED) is 0.714. The Morgan fingerprint density at radius 3 is 2.67 bits per heavy atom. The number of methoxy groups -OCH3 is 1. The number of carbonyl (C=O) groups excluding carboxylic acids is 3. The average molecular weight is 453 g/mol. The molecule has 0 saturated carbocycles. The van der Waals surface area contributed by atoms with Gasteiger partial charge in [-0.2, -0.15) is 0 Å². The Hall–Kier alpha value is -3.75. The number of likely N-dealkylation sites (tertiary alicyclic amines) is 1. The highest BCUT2D eigenvalue weighted by Gasteiger charge is 2.37. The van der Waals surface area contributed by atoms with Crippen LogP contribution in [0.1, 0.15) is 29.3 Å². The minimum Gasteiger partial charge on any atom is -0.493 e. The van der Waals surface area contributed by atoms with E-state index >= 15 is 0 Å². The Balaban J connectivity index is 1.65. The Kier molecular flexibility index (Phi) is 6.67. The summed E-state index contributed by atoms with van der Waals surface area (Å²) < 4.78 is 17.1. The number of hydrogen-bond acceptors (Lipinski definition) is 6. The van der Waals surface area contributed by atoms with Crippen LogP contribution in [-0.2, 0) is 16.1 Å². The van der Waals surface area contributed by atoms with Crippen LogP contribution in [0.3, 0.4) is 0 Å². The number of hydrogen-bond donors (Lipinski definition) is 2. The first-order valence-corrected chi connectivity index (χ1v) is 10.9. The second-order valence-corrected chi connectivity index (χ2v) is 7.96. The van der Waals surface area contributed by atoms with Gasteiger partial charge < -0.3 is 29.7 Å². The summed E-state index contributed by atoms with van der Waals surface area (Å²) in [4.78, 5) is 39.3. The van der Waals surface area contributed by atoms with E-state index in [-0.39, 0.29) is 30.1 Å². The highest BCUT2D eigenvalue weighted by atomic mass is 16.5. The second-order valence-electron chi connectivity index (χ2n) is 7.96. The largest absolute Gasteiger partial charge is 0.493 e. The summed E-state index contributed by atoms with van der Waals surface area (Å²) in [6.45, 7) is 2.67. The molecule has 0 unspecified atom stereocenters. The smallest absolute Gasteiger partial charge is 0.258 e. The molecule has 5 rings (SSSR count). The topological polar surface area (TPSA) is 106 Å². The van der Waals surface area contributed by atoms with Gasteiger partial charge in [0.15, 0.2) is 18.1 Å². The van der Waals surface area contributed by atoms with Gasteiger partial charge in [-0.1, -0.05) is 19.1 Å². The number of fused-ring (bicyclic) bond motifs is 7. The van der Waals surface area contributed by atoms with Gasteiger partial charge in [0.05, 0.1) is 19.7 Å². The first-order valence-electron chi connectivity index (χ1n) is 10.9. The van der Waals surface area contributed by atoms with E-state index in [9.17, 15) is 14.4 Å². The molecule has 2 N–H and O–H groups in total. The standard InChI is InChI=1S/C24H27N3O6/c1-3-23(29)27-12-18-21(13-27)33-17-7-4-15(5-8-17)11-25-22(28)14-32-20-10-16(24(30)26-18)6-9-19(20)31-2/h4-10,18,21H,3,11-14H2,1-2H3,(H,25,28)(H,26,30)/t18-,21-/m0/s1. The molecule has 9 nitrogen and oxygen atoms in total. The van der Waals surface area contributed by atoms with Crippen LogP contribution < -0.4 is 24.8 Å². The summed E-state index contributed by atoms with van der Waals surface area (Å²) in [5, 5.41) is 5.79. The molecule has 0 radical (unpaired) electrons. The van der Waals surface area contributed by atoms with Gasteiger partial charge in [-0.25, -0.2) is 0 Å². The lowest BCUT2D eigenvalue weighted by Crippen LogP contribution is -2.45. The first-order chi connectivity index (χ1) is 16.0. The van der Waals surface area contributed by atoms with Crippen molar-refractivity contribution in [1.82, 2.24) is 15.5 Å². The Labute approximate surface area is 192 Å². The van der Waals surface area contributed by atoms with Gasteiger partial charge in [-0.3, -0.25) is 14.4 Å². The average Bonchev–Trinajstić information content (AvgIpc) is 3.22. The molecule has 2 atom stereocenters. The Morgan fingerprint density at radius 1 is 1.15 bits per heavy atom. The monoisotopic (exact) mass is 453 g/mol. The maximum atomic E-state index is 13.1. The third-order valence-corrected chi connectivity index (χ3v) is 5.72. The molecule has 3 aliphatic heterocycles. The summed E-state index contributed by atoms with van der Waals surface area (Å²) in [7, 11) is 1.49. The molecule has 174 valence electrons. The predicted octanol–water partition coefficient (Wildman–Crippen LogP) is 1.50. The van der Waals surface area contributed by atoms with Crippen molar-refractivity contribution in [1.29, 1.82) is 0 Å². The SMILES string of the molecule is CCC(=O)N1C[C@@H]2NC(=O)c3ccc(OC)c(c3)OCC(=O)NCc3ccc(cc3)O[C@H]2C1. The van der Waals surface area contributed by atoms with Gasteiger partial charge in [-0.05, 0) is 35.9 Å². The van der Waals surface area contributed by atoms with Crippen molar-refractivity contribution in [3.8, 4) is 17.2 Å².